The molecule has 1 aromatic rings. The number of anilines is 1. The molecule has 1 heterocycles. The number of nitrogens with zero attached hydrogens (tertiary/aromatic N) is 1. The molecule has 0 amide bonds. The maximum absolute atomic E-state index is 12.6. The van der Waals surface area contributed by atoms with E-state index in [4.69, 9.17) is 5.73 Å². The monoisotopic (exact) mass is 242 g/mol. The molecule has 0 aliphatic rings. The van der Waals surface area contributed by atoms with Gasteiger partial charge < -0.3 is 5.73 Å². The van der Waals surface area contributed by atoms with E-state index in [1.54, 1.807) is 0 Å². The van der Waals surface area contributed by atoms with Crippen LogP contribution in [-0.2, 0) is 0 Å². The molecule has 0 fully saturated rings. The Kier molecular flexibility index (Phi) is 3.71. The lowest BCUT2D eigenvalue weighted by atomic mass is 10.2. The average Bonchev–Trinajstić information content (AvgIpc) is 2.12. The number of nitrogen functional groups attached to an aromatic ring is 1. The third-order valence-electron chi connectivity index (χ3n) is 1.32. The number of hydrogen-bond donors (Lipinski definition) is 1. The van der Waals surface area contributed by atoms with Crippen molar-refractivity contribution in [1.82, 2.24) is 4.98 Å². The average molecular weight is 243 g/mol. The van der Waals surface area contributed by atoms with Gasteiger partial charge in [0.15, 0.2) is 0 Å². The van der Waals surface area contributed by atoms with E-state index in [1.165, 1.54) is 12.3 Å². The fourth-order valence-corrected chi connectivity index (χ4v) is 0.944. The van der Waals surface area contributed by atoms with E-state index in [-0.39, 0.29) is 5.69 Å². The number of hydrogen-bond acceptors (Lipinski definition) is 2. The molecule has 0 aliphatic heterocycles. The summed E-state index contributed by atoms with van der Waals surface area (Å²) in [5, 5.41) is 0.824. The maximum atomic E-state index is 12.6. The van der Waals surface area contributed by atoms with E-state index < -0.39 is 5.95 Å². The van der Waals surface area contributed by atoms with Crippen LogP contribution in [0.15, 0.2) is 12.3 Å². The molecular weight excluding hydrogens is 235 g/mol. The number of pyridine rings is 1. The summed E-state index contributed by atoms with van der Waals surface area (Å²) in [5.74, 6) is 5.06. The minimum atomic E-state index is -0.647. The number of nitrogens with two attached hydrogens (primary N) is 1. The highest BCUT2D eigenvalue weighted by molar-refractivity contribution is 9.09. The molecule has 2 nitrogen and oxygen atoms in total. The van der Waals surface area contributed by atoms with Crippen LogP contribution in [0.4, 0.5) is 10.1 Å². The number of alkyl halides is 1. The van der Waals surface area contributed by atoms with Crippen molar-refractivity contribution in [3.63, 3.8) is 0 Å². The SMILES string of the molecule is Nc1cc(C#CCCBr)cnc1F. The van der Waals surface area contributed by atoms with E-state index in [0.29, 0.717) is 5.56 Å². The molecule has 0 saturated carbocycles. The minimum absolute atomic E-state index is 0.0330. The van der Waals surface area contributed by atoms with E-state index >= 15 is 0 Å². The quantitative estimate of drug-likeness (QED) is 0.465. The largest absolute Gasteiger partial charge is 0.395 e. The van der Waals surface area contributed by atoms with Gasteiger partial charge in [-0.1, -0.05) is 27.8 Å². The molecular formula is C9H8BrFN2. The van der Waals surface area contributed by atoms with Crippen molar-refractivity contribution in [3.05, 3.63) is 23.8 Å². The van der Waals surface area contributed by atoms with Gasteiger partial charge in [0.1, 0.15) is 0 Å². The number of rotatable bonds is 1. The fraction of sp³-hybridized carbons (Fsp3) is 0.222. The first-order chi connectivity index (χ1) is 6.24. The number of aromatic nitrogens is 1. The van der Waals surface area contributed by atoms with Crippen molar-refractivity contribution in [3.8, 4) is 11.8 Å². The molecule has 4 heteroatoms. The van der Waals surface area contributed by atoms with Crippen LogP contribution in [0.1, 0.15) is 12.0 Å². The standard InChI is InChI=1S/C9H8BrFN2/c10-4-2-1-3-7-5-8(12)9(11)13-6-7/h5-6H,2,4,12H2. The summed E-state index contributed by atoms with van der Waals surface area (Å²) in [6.45, 7) is 0. The summed E-state index contributed by atoms with van der Waals surface area (Å²) in [6, 6.07) is 1.48. The zero-order valence-corrected chi connectivity index (χ0v) is 8.44. The Labute approximate surface area is 84.5 Å². The van der Waals surface area contributed by atoms with Gasteiger partial charge in [-0.25, -0.2) is 4.98 Å². The van der Waals surface area contributed by atoms with Crippen molar-refractivity contribution in [1.29, 1.82) is 0 Å². The molecule has 1 rings (SSSR count). The molecule has 0 unspecified atom stereocenters. The van der Waals surface area contributed by atoms with Gasteiger partial charge in [0, 0.05) is 23.5 Å². The molecule has 0 saturated heterocycles. The summed E-state index contributed by atoms with van der Waals surface area (Å²) < 4.78 is 12.6. The van der Waals surface area contributed by atoms with Crippen molar-refractivity contribution in [2.45, 2.75) is 6.42 Å². The lowest BCUT2D eigenvalue weighted by Crippen LogP contribution is -1.94. The van der Waals surface area contributed by atoms with E-state index in [9.17, 15) is 4.39 Å². The first-order valence-corrected chi connectivity index (χ1v) is 4.82. The summed E-state index contributed by atoms with van der Waals surface area (Å²) in [4.78, 5) is 3.45. The smallest absolute Gasteiger partial charge is 0.236 e. The lowest BCUT2D eigenvalue weighted by molar-refractivity contribution is 0.588. The van der Waals surface area contributed by atoms with Gasteiger partial charge in [0.05, 0.1) is 5.69 Å². The topological polar surface area (TPSA) is 38.9 Å². The highest BCUT2D eigenvalue weighted by Crippen LogP contribution is 2.07. The Balaban J connectivity index is 2.81. The van der Waals surface area contributed by atoms with Crippen LogP contribution in [0, 0.1) is 17.8 Å². The third kappa shape index (κ3) is 3.03. The van der Waals surface area contributed by atoms with Crippen molar-refractivity contribution < 1.29 is 4.39 Å². The van der Waals surface area contributed by atoms with Crippen LogP contribution in [0.2, 0.25) is 0 Å². The van der Waals surface area contributed by atoms with Crippen LogP contribution in [0.3, 0.4) is 0 Å². The molecule has 0 spiro atoms. The Morgan fingerprint density at radius 3 is 3.00 bits per heavy atom. The summed E-state index contributed by atoms with van der Waals surface area (Å²) in [6.07, 6.45) is 2.12. The molecule has 0 aromatic carbocycles. The molecule has 0 bridgehead atoms. The Morgan fingerprint density at radius 2 is 2.38 bits per heavy atom. The predicted octanol–water partition coefficient (Wildman–Crippen LogP) is 1.94. The molecule has 1 aromatic heterocycles. The predicted molar refractivity (Wildman–Crippen MR) is 53.9 cm³/mol. The normalized spacial score (nSPS) is 9.08. The van der Waals surface area contributed by atoms with E-state index in [0.717, 1.165) is 11.8 Å². The Bertz CT molecular complexity index is 354. The second-order valence-corrected chi connectivity index (χ2v) is 3.14. The highest BCUT2D eigenvalue weighted by Gasteiger charge is 1.97. The van der Waals surface area contributed by atoms with Gasteiger partial charge in [0.2, 0.25) is 5.95 Å². The molecule has 0 aliphatic carbocycles. The summed E-state index contributed by atoms with van der Waals surface area (Å²) in [5.41, 5.74) is 5.98. The van der Waals surface area contributed by atoms with Gasteiger partial charge in [-0.15, -0.1) is 0 Å². The molecule has 68 valence electrons. The fourth-order valence-electron chi connectivity index (χ4n) is 0.745. The third-order valence-corrected chi connectivity index (χ3v) is 1.71. The van der Waals surface area contributed by atoms with Gasteiger partial charge >= 0.3 is 0 Å². The Morgan fingerprint density at radius 1 is 1.62 bits per heavy atom. The molecule has 2 N–H and O–H groups in total. The first kappa shape index (κ1) is 10.0. The van der Waals surface area contributed by atoms with Gasteiger partial charge in [-0.2, -0.15) is 4.39 Å². The maximum Gasteiger partial charge on any atom is 0.236 e. The van der Waals surface area contributed by atoms with Crippen LogP contribution in [-0.4, -0.2) is 10.3 Å². The number of halogens is 2. The van der Waals surface area contributed by atoms with Crippen molar-refractivity contribution >= 4 is 21.6 Å². The first-order valence-electron chi connectivity index (χ1n) is 3.70. The minimum Gasteiger partial charge on any atom is -0.395 e. The summed E-state index contributed by atoms with van der Waals surface area (Å²) in [7, 11) is 0. The van der Waals surface area contributed by atoms with Gasteiger partial charge in [-0.3, -0.25) is 0 Å². The van der Waals surface area contributed by atoms with Gasteiger partial charge in [-0.05, 0) is 6.07 Å². The zero-order valence-electron chi connectivity index (χ0n) is 6.85. The Hall–Kier alpha value is -1.08. The lowest BCUT2D eigenvalue weighted by Gasteiger charge is -1.94. The van der Waals surface area contributed by atoms with Crippen molar-refractivity contribution in [2.24, 2.45) is 0 Å². The van der Waals surface area contributed by atoms with Crippen LogP contribution < -0.4 is 5.73 Å². The van der Waals surface area contributed by atoms with Crippen LogP contribution >= 0.6 is 15.9 Å². The molecule has 13 heavy (non-hydrogen) atoms. The molecule has 0 atom stereocenters. The van der Waals surface area contributed by atoms with Crippen LogP contribution in [0.5, 0.6) is 0 Å². The second-order valence-electron chi connectivity index (χ2n) is 2.34. The van der Waals surface area contributed by atoms with Crippen LogP contribution in [0.25, 0.3) is 0 Å². The summed E-state index contributed by atoms with van der Waals surface area (Å²) >= 11 is 3.25. The van der Waals surface area contributed by atoms with Gasteiger partial charge in [0.25, 0.3) is 0 Å². The molecule has 0 radical (unpaired) electrons. The van der Waals surface area contributed by atoms with E-state index in [1.807, 2.05) is 0 Å². The van der Waals surface area contributed by atoms with Crippen molar-refractivity contribution in [2.75, 3.05) is 11.1 Å². The highest BCUT2D eigenvalue weighted by atomic mass is 79.9. The van der Waals surface area contributed by atoms with E-state index in [2.05, 4.69) is 32.8 Å². The second kappa shape index (κ2) is 4.83. The zero-order chi connectivity index (χ0) is 9.68.